The van der Waals surface area contributed by atoms with Gasteiger partial charge in [-0.2, -0.15) is 0 Å². The Labute approximate surface area is 87.7 Å². The third-order valence-corrected chi connectivity index (χ3v) is 3.30. The third-order valence-electron chi connectivity index (χ3n) is 3.30. The first kappa shape index (κ1) is 10.4. The van der Waals surface area contributed by atoms with Crippen molar-refractivity contribution >= 4 is 11.9 Å². The van der Waals surface area contributed by atoms with Gasteiger partial charge in [-0.15, -0.1) is 0 Å². The van der Waals surface area contributed by atoms with Crippen molar-refractivity contribution in [2.75, 3.05) is 13.2 Å². The number of hydrogen-bond donors (Lipinski definition) is 2. The number of carboxylic acids is 1. The van der Waals surface area contributed by atoms with E-state index in [0.29, 0.717) is 13.0 Å². The van der Waals surface area contributed by atoms with Crippen molar-refractivity contribution in [1.82, 2.24) is 4.90 Å². The zero-order valence-electron chi connectivity index (χ0n) is 8.43. The maximum Gasteiger partial charge on any atom is 0.307 e. The molecule has 5 nitrogen and oxygen atoms in total. The van der Waals surface area contributed by atoms with Crippen LogP contribution in [0.2, 0.25) is 0 Å². The summed E-state index contributed by atoms with van der Waals surface area (Å²) in [4.78, 5) is 24.1. The van der Waals surface area contributed by atoms with Crippen LogP contribution in [-0.4, -0.2) is 46.2 Å². The molecule has 0 radical (unpaired) electrons. The molecule has 0 spiro atoms. The van der Waals surface area contributed by atoms with E-state index < -0.39 is 11.9 Å². The van der Waals surface area contributed by atoms with Gasteiger partial charge in [-0.1, -0.05) is 0 Å². The van der Waals surface area contributed by atoms with Gasteiger partial charge in [0.25, 0.3) is 0 Å². The maximum atomic E-state index is 11.8. The minimum Gasteiger partial charge on any atom is -0.481 e. The Morgan fingerprint density at radius 2 is 2.07 bits per heavy atom. The van der Waals surface area contributed by atoms with Gasteiger partial charge in [-0.3, -0.25) is 9.59 Å². The fourth-order valence-electron chi connectivity index (χ4n) is 2.27. The largest absolute Gasteiger partial charge is 0.481 e. The smallest absolute Gasteiger partial charge is 0.307 e. The molecule has 0 unspecified atom stereocenters. The first-order chi connectivity index (χ1) is 7.15. The second-order valence-electron chi connectivity index (χ2n) is 4.30. The van der Waals surface area contributed by atoms with E-state index in [1.165, 1.54) is 0 Å². The quantitative estimate of drug-likeness (QED) is 0.674. The number of nitrogens with zero attached hydrogens (tertiary/aromatic N) is 1. The molecule has 1 aliphatic heterocycles. The van der Waals surface area contributed by atoms with Crippen LogP contribution in [0.5, 0.6) is 0 Å². The van der Waals surface area contributed by atoms with Crippen LogP contribution in [0.25, 0.3) is 0 Å². The topological polar surface area (TPSA) is 77.8 Å². The number of aliphatic hydroxyl groups is 1. The second-order valence-corrected chi connectivity index (χ2v) is 4.30. The predicted octanol–water partition coefficient (Wildman–Crippen LogP) is -0.310. The number of amides is 1. The Morgan fingerprint density at radius 1 is 1.33 bits per heavy atom. The van der Waals surface area contributed by atoms with E-state index in [-0.39, 0.29) is 24.5 Å². The summed E-state index contributed by atoms with van der Waals surface area (Å²) in [6, 6.07) is -0.0902. The van der Waals surface area contributed by atoms with Crippen LogP contribution in [0.4, 0.5) is 0 Å². The van der Waals surface area contributed by atoms with Crippen LogP contribution in [-0.2, 0) is 9.59 Å². The molecule has 0 bridgehead atoms. The number of carboxylic acid groups (broad SMARTS) is 1. The normalized spacial score (nSPS) is 34.2. The van der Waals surface area contributed by atoms with Crippen molar-refractivity contribution in [2.24, 2.45) is 11.8 Å². The summed E-state index contributed by atoms with van der Waals surface area (Å²) in [5.41, 5.74) is 0. The number of carbonyl (C=O) groups is 2. The molecular formula is C10H15NO4. The molecule has 0 aromatic carbocycles. The lowest BCUT2D eigenvalue weighted by Crippen LogP contribution is -2.39. The highest BCUT2D eigenvalue weighted by molar-refractivity contribution is 5.89. The van der Waals surface area contributed by atoms with E-state index in [9.17, 15) is 9.59 Å². The summed E-state index contributed by atoms with van der Waals surface area (Å²) >= 11 is 0. The lowest BCUT2D eigenvalue weighted by molar-refractivity contribution is -0.142. The minimum atomic E-state index is -0.881. The first-order valence-electron chi connectivity index (χ1n) is 5.29. The van der Waals surface area contributed by atoms with Crippen molar-refractivity contribution in [3.63, 3.8) is 0 Å². The van der Waals surface area contributed by atoms with E-state index in [4.69, 9.17) is 10.2 Å². The first-order valence-corrected chi connectivity index (χ1v) is 5.29. The Morgan fingerprint density at radius 3 is 2.60 bits per heavy atom. The molecule has 1 saturated carbocycles. The SMILES string of the molecule is O=C(O)[C@H]1C[C@H]1C(=O)N1CCC[C@H]1CO. The van der Waals surface area contributed by atoms with Gasteiger partial charge >= 0.3 is 5.97 Å². The molecule has 2 aliphatic rings. The number of rotatable bonds is 3. The van der Waals surface area contributed by atoms with Gasteiger partial charge in [-0.05, 0) is 19.3 Å². The average molecular weight is 213 g/mol. The van der Waals surface area contributed by atoms with Crippen molar-refractivity contribution in [3.05, 3.63) is 0 Å². The van der Waals surface area contributed by atoms with Crippen LogP contribution in [0.3, 0.4) is 0 Å². The number of aliphatic hydroxyl groups excluding tert-OH is 1. The highest BCUT2D eigenvalue weighted by Gasteiger charge is 2.51. The van der Waals surface area contributed by atoms with E-state index in [1.54, 1.807) is 4.90 Å². The van der Waals surface area contributed by atoms with E-state index >= 15 is 0 Å². The second kappa shape index (κ2) is 3.81. The fourth-order valence-corrected chi connectivity index (χ4v) is 2.27. The standard InChI is InChI=1S/C10H15NO4/c12-5-6-2-1-3-11(6)9(13)7-4-8(7)10(14)15/h6-8,12H,1-5H2,(H,14,15)/t6-,7+,8-/m0/s1. The van der Waals surface area contributed by atoms with Crippen LogP contribution in [0.1, 0.15) is 19.3 Å². The molecule has 1 amide bonds. The Kier molecular flexibility index (Phi) is 2.65. The summed E-state index contributed by atoms with van der Waals surface area (Å²) in [5, 5.41) is 17.8. The van der Waals surface area contributed by atoms with Gasteiger partial charge in [0.1, 0.15) is 0 Å². The number of carbonyl (C=O) groups excluding carboxylic acids is 1. The molecule has 2 rings (SSSR count). The van der Waals surface area contributed by atoms with Crippen LogP contribution < -0.4 is 0 Å². The summed E-state index contributed by atoms with van der Waals surface area (Å²) < 4.78 is 0. The van der Waals surface area contributed by atoms with Gasteiger partial charge in [0.15, 0.2) is 0 Å². The maximum absolute atomic E-state index is 11.8. The van der Waals surface area contributed by atoms with Gasteiger partial charge in [0.05, 0.1) is 24.5 Å². The van der Waals surface area contributed by atoms with Crippen LogP contribution >= 0.6 is 0 Å². The zero-order chi connectivity index (χ0) is 11.0. The average Bonchev–Trinajstić information content (AvgIpc) is 2.88. The molecule has 84 valence electrons. The van der Waals surface area contributed by atoms with E-state index in [2.05, 4.69) is 0 Å². The fraction of sp³-hybridized carbons (Fsp3) is 0.800. The number of hydrogen-bond acceptors (Lipinski definition) is 3. The molecule has 5 heteroatoms. The summed E-state index contributed by atoms with van der Waals surface area (Å²) in [6.07, 6.45) is 2.19. The van der Waals surface area contributed by atoms with Gasteiger partial charge in [0, 0.05) is 6.54 Å². The summed E-state index contributed by atoms with van der Waals surface area (Å²) in [6.45, 7) is 0.642. The minimum absolute atomic E-state index is 0.0177. The van der Waals surface area contributed by atoms with Crippen LogP contribution in [0.15, 0.2) is 0 Å². The third kappa shape index (κ3) is 1.84. The highest BCUT2D eigenvalue weighted by Crippen LogP contribution is 2.41. The molecule has 15 heavy (non-hydrogen) atoms. The van der Waals surface area contributed by atoms with E-state index in [0.717, 1.165) is 12.8 Å². The van der Waals surface area contributed by atoms with Gasteiger partial charge in [0.2, 0.25) is 5.91 Å². The molecule has 1 heterocycles. The summed E-state index contributed by atoms with van der Waals surface area (Å²) in [7, 11) is 0. The molecule has 1 saturated heterocycles. The van der Waals surface area contributed by atoms with Gasteiger partial charge in [-0.25, -0.2) is 0 Å². The number of aliphatic carboxylic acids is 1. The molecule has 0 aromatic heterocycles. The van der Waals surface area contributed by atoms with Gasteiger partial charge < -0.3 is 15.1 Å². The molecule has 2 fully saturated rings. The lowest BCUT2D eigenvalue weighted by Gasteiger charge is -2.22. The Balaban J connectivity index is 1.94. The van der Waals surface area contributed by atoms with Crippen molar-refractivity contribution < 1.29 is 19.8 Å². The highest BCUT2D eigenvalue weighted by atomic mass is 16.4. The molecule has 1 aliphatic carbocycles. The van der Waals surface area contributed by atoms with Crippen molar-refractivity contribution in [3.8, 4) is 0 Å². The van der Waals surface area contributed by atoms with E-state index in [1.807, 2.05) is 0 Å². The Bertz CT molecular complexity index is 291. The van der Waals surface area contributed by atoms with Crippen LogP contribution in [0, 0.1) is 11.8 Å². The Hall–Kier alpha value is -1.10. The molecular weight excluding hydrogens is 198 g/mol. The molecule has 3 atom stereocenters. The summed E-state index contributed by atoms with van der Waals surface area (Å²) in [5.74, 6) is -1.79. The zero-order valence-corrected chi connectivity index (χ0v) is 8.43. The molecule has 2 N–H and O–H groups in total. The monoisotopic (exact) mass is 213 g/mol. The number of likely N-dealkylation sites (tertiary alicyclic amines) is 1. The van der Waals surface area contributed by atoms with Crippen molar-refractivity contribution in [2.45, 2.75) is 25.3 Å². The van der Waals surface area contributed by atoms with Crippen molar-refractivity contribution in [1.29, 1.82) is 0 Å². The predicted molar refractivity (Wildman–Crippen MR) is 51.1 cm³/mol. The lowest BCUT2D eigenvalue weighted by atomic mass is 10.2. The molecule has 0 aromatic rings.